The van der Waals surface area contributed by atoms with E-state index in [9.17, 15) is 9.59 Å². The van der Waals surface area contributed by atoms with Crippen molar-refractivity contribution >= 4 is 34.5 Å². The molecule has 2 aromatic carbocycles. The first-order valence-corrected chi connectivity index (χ1v) is 14.1. The van der Waals surface area contributed by atoms with Crippen molar-refractivity contribution in [3.8, 4) is 22.6 Å². The molecule has 4 aromatic rings. The standard InChI is InChI=1S/C33H32N2O5S/c1-19-16-33(4,5)35-27-13-12-24(26(30(19)27)18-39-32(37)29-14-8-21(3)41-29)25-11-10-23(15-28(25)38-6)40-31(36)22-9-7-20(2)34-17-22/h7-17,35H,18H2,1-6H3. The topological polar surface area (TPSA) is 86.8 Å². The summed E-state index contributed by atoms with van der Waals surface area (Å²) in [5.74, 6) is -0.0108. The van der Waals surface area contributed by atoms with Crippen molar-refractivity contribution in [1.29, 1.82) is 0 Å². The summed E-state index contributed by atoms with van der Waals surface area (Å²) in [6, 6.07) is 16.4. The predicted molar refractivity (Wildman–Crippen MR) is 162 cm³/mol. The lowest BCUT2D eigenvalue weighted by Crippen LogP contribution is -2.32. The SMILES string of the molecule is COc1cc(OC(=O)c2ccc(C)nc2)ccc1-c1ccc2c(c1COC(=O)c1ccc(C)s1)C(C)=CC(C)(C)N2. The minimum atomic E-state index is -0.507. The van der Waals surface area contributed by atoms with Gasteiger partial charge in [0.15, 0.2) is 0 Å². The van der Waals surface area contributed by atoms with Crippen LogP contribution >= 0.6 is 11.3 Å². The predicted octanol–water partition coefficient (Wildman–Crippen LogP) is 7.62. The molecule has 0 saturated heterocycles. The lowest BCUT2D eigenvalue weighted by molar-refractivity contribution is 0.0478. The van der Waals surface area contributed by atoms with Crippen molar-refractivity contribution in [2.45, 2.75) is 46.8 Å². The summed E-state index contributed by atoms with van der Waals surface area (Å²) >= 11 is 1.41. The highest BCUT2D eigenvalue weighted by Crippen LogP contribution is 2.43. The molecule has 2 aromatic heterocycles. The van der Waals surface area contributed by atoms with Crippen molar-refractivity contribution in [2.24, 2.45) is 0 Å². The van der Waals surface area contributed by atoms with E-state index in [0.29, 0.717) is 21.9 Å². The normalized spacial score (nSPS) is 13.5. The van der Waals surface area contributed by atoms with Crippen molar-refractivity contribution in [1.82, 2.24) is 4.98 Å². The molecule has 0 amide bonds. The van der Waals surface area contributed by atoms with Crippen LogP contribution in [-0.2, 0) is 11.3 Å². The van der Waals surface area contributed by atoms with E-state index in [-0.39, 0.29) is 18.1 Å². The fraction of sp³-hybridized carbons (Fsp3) is 0.242. The zero-order valence-electron chi connectivity index (χ0n) is 24.0. The van der Waals surface area contributed by atoms with Crippen LogP contribution in [0, 0.1) is 13.8 Å². The first-order valence-electron chi connectivity index (χ1n) is 13.3. The average molecular weight is 569 g/mol. The maximum Gasteiger partial charge on any atom is 0.348 e. The van der Waals surface area contributed by atoms with E-state index in [1.165, 1.54) is 17.5 Å². The van der Waals surface area contributed by atoms with Gasteiger partial charge in [0, 0.05) is 45.2 Å². The van der Waals surface area contributed by atoms with Crippen LogP contribution in [0.25, 0.3) is 16.7 Å². The Hall–Kier alpha value is -4.43. The largest absolute Gasteiger partial charge is 0.496 e. The van der Waals surface area contributed by atoms with Crippen molar-refractivity contribution < 1.29 is 23.8 Å². The van der Waals surface area contributed by atoms with Crippen LogP contribution in [0.5, 0.6) is 11.5 Å². The number of thiophene rings is 1. The first kappa shape index (κ1) is 28.1. The summed E-state index contributed by atoms with van der Waals surface area (Å²) in [5.41, 5.74) is 6.47. The first-order chi connectivity index (χ1) is 19.5. The zero-order valence-corrected chi connectivity index (χ0v) is 24.8. The van der Waals surface area contributed by atoms with Gasteiger partial charge in [0.25, 0.3) is 0 Å². The molecule has 0 aliphatic carbocycles. The second kappa shape index (κ2) is 11.2. The van der Waals surface area contributed by atoms with Gasteiger partial charge in [-0.2, -0.15) is 0 Å². The van der Waals surface area contributed by atoms with Crippen LogP contribution in [0.2, 0.25) is 0 Å². The van der Waals surface area contributed by atoms with Crippen molar-refractivity contribution in [3.63, 3.8) is 0 Å². The number of hydrogen-bond donors (Lipinski definition) is 1. The lowest BCUT2D eigenvalue weighted by atomic mass is 9.85. The van der Waals surface area contributed by atoms with Crippen LogP contribution < -0.4 is 14.8 Å². The summed E-state index contributed by atoms with van der Waals surface area (Å²) in [7, 11) is 1.57. The average Bonchev–Trinajstić information content (AvgIpc) is 3.37. The van der Waals surface area contributed by atoms with Gasteiger partial charge >= 0.3 is 11.9 Å². The molecule has 0 fully saturated rings. The molecular weight excluding hydrogens is 536 g/mol. The Bertz CT molecular complexity index is 1670. The van der Waals surface area contributed by atoms with E-state index >= 15 is 0 Å². The second-order valence-electron chi connectivity index (χ2n) is 10.6. The van der Waals surface area contributed by atoms with Crippen LogP contribution in [0.4, 0.5) is 5.69 Å². The van der Waals surface area contributed by atoms with Gasteiger partial charge in [-0.25, -0.2) is 9.59 Å². The number of aryl methyl sites for hydroxylation is 2. The highest BCUT2D eigenvalue weighted by Gasteiger charge is 2.27. The molecule has 0 radical (unpaired) electrons. The van der Waals surface area contributed by atoms with E-state index in [0.717, 1.165) is 44.1 Å². The quantitative estimate of drug-likeness (QED) is 0.181. The Balaban J connectivity index is 1.52. The Kier molecular flexibility index (Phi) is 7.69. The van der Waals surface area contributed by atoms with E-state index in [1.807, 2.05) is 38.1 Å². The number of nitrogens with zero attached hydrogens (tertiary/aromatic N) is 1. The van der Waals surface area contributed by atoms with Crippen molar-refractivity contribution in [2.75, 3.05) is 12.4 Å². The zero-order chi connectivity index (χ0) is 29.3. The molecular formula is C33H32N2O5S. The molecule has 0 spiro atoms. The Labute approximate surface area is 243 Å². The molecule has 1 aliphatic heterocycles. The number of allylic oxidation sites excluding steroid dienone is 1. The van der Waals surface area contributed by atoms with Gasteiger partial charge in [0.2, 0.25) is 0 Å². The fourth-order valence-electron chi connectivity index (χ4n) is 5.07. The maximum atomic E-state index is 12.9. The highest BCUT2D eigenvalue weighted by molar-refractivity contribution is 7.13. The highest BCUT2D eigenvalue weighted by atomic mass is 32.1. The molecule has 41 heavy (non-hydrogen) atoms. The summed E-state index contributed by atoms with van der Waals surface area (Å²) in [6.07, 6.45) is 3.67. The van der Waals surface area contributed by atoms with Gasteiger partial charge in [0.1, 0.15) is 23.0 Å². The van der Waals surface area contributed by atoms with Gasteiger partial charge in [-0.15, -0.1) is 11.3 Å². The smallest absolute Gasteiger partial charge is 0.348 e. The van der Waals surface area contributed by atoms with E-state index < -0.39 is 5.97 Å². The molecule has 210 valence electrons. The molecule has 0 saturated carbocycles. The molecule has 3 heterocycles. The minimum absolute atomic E-state index is 0.0713. The fourth-order valence-corrected chi connectivity index (χ4v) is 5.83. The number of esters is 2. The Morgan fingerprint density at radius 2 is 1.73 bits per heavy atom. The molecule has 0 unspecified atom stereocenters. The van der Waals surface area contributed by atoms with E-state index in [2.05, 4.69) is 37.1 Å². The van der Waals surface area contributed by atoms with Gasteiger partial charge in [-0.1, -0.05) is 12.1 Å². The number of aromatic nitrogens is 1. The number of carbonyl (C=O) groups is 2. The van der Waals surface area contributed by atoms with Gasteiger partial charge in [-0.05, 0) is 88.2 Å². The molecule has 8 heteroatoms. The van der Waals surface area contributed by atoms with Gasteiger partial charge in [-0.3, -0.25) is 4.98 Å². The number of fused-ring (bicyclic) bond motifs is 1. The molecule has 0 bridgehead atoms. The molecule has 0 atom stereocenters. The summed E-state index contributed by atoms with van der Waals surface area (Å²) in [5, 5.41) is 3.58. The summed E-state index contributed by atoms with van der Waals surface area (Å²) in [4.78, 5) is 31.4. The molecule has 7 nitrogen and oxygen atoms in total. The lowest BCUT2D eigenvalue weighted by Gasteiger charge is -2.33. The molecule has 5 rings (SSSR count). The number of rotatable bonds is 7. The third-order valence-corrected chi connectivity index (χ3v) is 7.83. The number of carbonyl (C=O) groups excluding carboxylic acids is 2. The number of ether oxygens (including phenoxy) is 3. The number of nitrogens with one attached hydrogen (secondary N) is 1. The third-order valence-electron chi connectivity index (χ3n) is 6.85. The summed E-state index contributed by atoms with van der Waals surface area (Å²) in [6.45, 7) is 10.2. The number of hydrogen-bond acceptors (Lipinski definition) is 8. The van der Waals surface area contributed by atoms with E-state index in [4.69, 9.17) is 14.2 Å². The third kappa shape index (κ3) is 6.02. The van der Waals surface area contributed by atoms with Gasteiger partial charge < -0.3 is 19.5 Å². The monoisotopic (exact) mass is 568 g/mol. The van der Waals surface area contributed by atoms with Crippen LogP contribution in [0.3, 0.4) is 0 Å². The van der Waals surface area contributed by atoms with E-state index in [1.54, 1.807) is 37.4 Å². The number of pyridine rings is 1. The van der Waals surface area contributed by atoms with Crippen LogP contribution in [0.15, 0.2) is 66.9 Å². The maximum absolute atomic E-state index is 12.9. The Morgan fingerprint density at radius 3 is 2.41 bits per heavy atom. The van der Waals surface area contributed by atoms with Crippen molar-refractivity contribution in [3.05, 3.63) is 99.0 Å². The molecule has 1 aliphatic rings. The minimum Gasteiger partial charge on any atom is -0.496 e. The second-order valence-corrected chi connectivity index (χ2v) is 11.9. The number of methoxy groups -OCH3 is 1. The number of anilines is 1. The number of benzene rings is 2. The summed E-state index contributed by atoms with van der Waals surface area (Å²) < 4.78 is 17.2. The van der Waals surface area contributed by atoms with Gasteiger partial charge in [0.05, 0.1) is 18.2 Å². The van der Waals surface area contributed by atoms with Crippen LogP contribution in [-0.4, -0.2) is 29.6 Å². The molecule has 1 N–H and O–H groups in total. The van der Waals surface area contributed by atoms with Crippen LogP contribution in [0.1, 0.15) is 62.5 Å². The Morgan fingerprint density at radius 1 is 0.951 bits per heavy atom.